The Balaban J connectivity index is 1.89. The SMILES string of the molecule is CCCCN(CC1(CNC(C)C)CCCC1)C1CC1. The van der Waals surface area contributed by atoms with E-state index in [9.17, 15) is 0 Å². The second-order valence-electron chi connectivity index (χ2n) is 7.30. The fourth-order valence-corrected chi connectivity index (χ4v) is 3.56. The first kappa shape index (κ1) is 15.3. The summed E-state index contributed by atoms with van der Waals surface area (Å²) in [6.45, 7) is 10.8. The van der Waals surface area contributed by atoms with Gasteiger partial charge in [0.25, 0.3) is 0 Å². The molecule has 2 nitrogen and oxygen atoms in total. The highest BCUT2D eigenvalue weighted by atomic mass is 15.2. The molecule has 2 aliphatic carbocycles. The molecule has 2 heteroatoms. The lowest BCUT2D eigenvalue weighted by atomic mass is 9.85. The molecule has 0 amide bonds. The molecule has 2 rings (SSSR count). The van der Waals surface area contributed by atoms with Gasteiger partial charge in [-0.1, -0.05) is 40.0 Å². The van der Waals surface area contributed by atoms with E-state index in [1.807, 2.05) is 0 Å². The first-order valence-electron chi connectivity index (χ1n) is 8.63. The van der Waals surface area contributed by atoms with Crippen LogP contribution in [0, 0.1) is 5.41 Å². The van der Waals surface area contributed by atoms with Gasteiger partial charge >= 0.3 is 0 Å². The molecule has 0 spiro atoms. The maximum absolute atomic E-state index is 3.72. The fraction of sp³-hybridized carbons (Fsp3) is 1.00. The van der Waals surface area contributed by atoms with Crippen molar-refractivity contribution in [3.63, 3.8) is 0 Å². The Morgan fingerprint density at radius 1 is 1.21 bits per heavy atom. The zero-order valence-corrected chi connectivity index (χ0v) is 13.4. The average molecular weight is 266 g/mol. The van der Waals surface area contributed by atoms with Crippen molar-refractivity contribution >= 4 is 0 Å². The van der Waals surface area contributed by atoms with E-state index in [0.29, 0.717) is 11.5 Å². The summed E-state index contributed by atoms with van der Waals surface area (Å²) in [5.74, 6) is 0. The van der Waals surface area contributed by atoms with Gasteiger partial charge in [0.2, 0.25) is 0 Å². The Morgan fingerprint density at radius 2 is 1.89 bits per heavy atom. The highest BCUT2D eigenvalue weighted by molar-refractivity contribution is 4.94. The van der Waals surface area contributed by atoms with Gasteiger partial charge in [-0.15, -0.1) is 0 Å². The molecule has 19 heavy (non-hydrogen) atoms. The highest BCUT2D eigenvalue weighted by Crippen LogP contribution is 2.40. The van der Waals surface area contributed by atoms with E-state index in [4.69, 9.17) is 0 Å². The van der Waals surface area contributed by atoms with Crippen LogP contribution in [-0.4, -0.2) is 36.6 Å². The summed E-state index contributed by atoms with van der Waals surface area (Å²) in [5, 5.41) is 3.72. The monoisotopic (exact) mass is 266 g/mol. The normalized spacial score (nSPS) is 22.6. The maximum Gasteiger partial charge on any atom is 0.00966 e. The van der Waals surface area contributed by atoms with Gasteiger partial charge in [-0.2, -0.15) is 0 Å². The second kappa shape index (κ2) is 7.08. The van der Waals surface area contributed by atoms with Crippen LogP contribution in [0.2, 0.25) is 0 Å². The van der Waals surface area contributed by atoms with Crippen molar-refractivity contribution in [1.29, 1.82) is 0 Å². The molecule has 1 N–H and O–H groups in total. The Labute approximate surface area is 120 Å². The predicted octanol–water partition coefficient (Wildman–Crippen LogP) is 3.81. The zero-order valence-electron chi connectivity index (χ0n) is 13.4. The van der Waals surface area contributed by atoms with Gasteiger partial charge in [-0.05, 0) is 44.1 Å². The first-order chi connectivity index (χ1) is 9.15. The van der Waals surface area contributed by atoms with Gasteiger partial charge in [0.05, 0.1) is 0 Å². The van der Waals surface area contributed by atoms with Crippen LogP contribution in [-0.2, 0) is 0 Å². The first-order valence-corrected chi connectivity index (χ1v) is 8.63. The van der Waals surface area contributed by atoms with Crippen LogP contribution in [0.15, 0.2) is 0 Å². The largest absolute Gasteiger partial charge is 0.314 e. The summed E-state index contributed by atoms with van der Waals surface area (Å²) in [7, 11) is 0. The lowest BCUT2D eigenvalue weighted by Crippen LogP contribution is -2.45. The van der Waals surface area contributed by atoms with Gasteiger partial charge in [0.1, 0.15) is 0 Å². The van der Waals surface area contributed by atoms with Gasteiger partial charge in [0.15, 0.2) is 0 Å². The smallest absolute Gasteiger partial charge is 0.00966 e. The van der Waals surface area contributed by atoms with Crippen LogP contribution >= 0.6 is 0 Å². The number of nitrogens with one attached hydrogen (secondary N) is 1. The van der Waals surface area contributed by atoms with Crippen molar-refractivity contribution in [3.8, 4) is 0 Å². The molecular formula is C17H34N2. The topological polar surface area (TPSA) is 15.3 Å². The standard InChI is InChI=1S/C17H34N2/c1-4-5-12-19(16-8-9-16)14-17(10-6-7-11-17)13-18-15(2)3/h15-16,18H,4-14H2,1-3H3. The lowest BCUT2D eigenvalue weighted by Gasteiger charge is -2.36. The quantitative estimate of drug-likeness (QED) is 0.683. The zero-order chi connectivity index (χ0) is 13.7. The number of nitrogens with zero attached hydrogens (tertiary/aromatic N) is 1. The molecule has 0 heterocycles. The predicted molar refractivity (Wildman–Crippen MR) is 83.5 cm³/mol. The van der Waals surface area contributed by atoms with Crippen LogP contribution in [0.1, 0.15) is 72.1 Å². The molecular weight excluding hydrogens is 232 g/mol. The van der Waals surface area contributed by atoms with E-state index in [0.717, 1.165) is 6.04 Å². The number of hydrogen-bond acceptors (Lipinski definition) is 2. The minimum absolute atomic E-state index is 0.584. The summed E-state index contributed by atoms with van der Waals surface area (Å²) < 4.78 is 0. The number of unbranched alkanes of at least 4 members (excludes halogenated alkanes) is 1. The molecule has 0 radical (unpaired) electrons. The van der Waals surface area contributed by atoms with Crippen LogP contribution in [0.5, 0.6) is 0 Å². The number of hydrogen-bond donors (Lipinski definition) is 1. The minimum Gasteiger partial charge on any atom is -0.314 e. The van der Waals surface area contributed by atoms with E-state index in [1.165, 1.54) is 71.0 Å². The summed E-state index contributed by atoms with van der Waals surface area (Å²) >= 11 is 0. The van der Waals surface area contributed by atoms with Crippen molar-refractivity contribution in [3.05, 3.63) is 0 Å². The third-order valence-corrected chi connectivity index (χ3v) is 4.95. The minimum atomic E-state index is 0.584. The Bertz CT molecular complexity index is 252. The van der Waals surface area contributed by atoms with Crippen molar-refractivity contribution in [2.75, 3.05) is 19.6 Å². The summed E-state index contributed by atoms with van der Waals surface area (Å²) in [5.41, 5.74) is 0.584. The van der Waals surface area contributed by atoms with Gasteiger partial charge in [0, 0.05) is 25.2 Å². The fourth-order valence-electron chi connectivity index (χ4n) is 3.56. The van der Waals surface area contributed by atoms with E-state index >= 15 is 0 Å². The van der Waals surface area contributed by atoms with Crippen molar-refractivity contribution < 1.29 is 0 Å². The summed E-state index contributed by atoms with van der Waals surface area (Å²) in [4.78, 5) is 2.83. The Morgan fingerprint density at radius 3 is 2.42 bits per heavy atom. The van der Waals surface area contributed by atoms with Crippen LogP contribution in [0.3, 0.4) is 0 Å². The maximum atomic E-state index is 3.72. The average Bonchev–Trinajstić information content (AvgIpc) is 3.13. The van der Waals surface area contributed by atoms with E-state index in [2.05, 4.69) is 31.0 Å². The molecule has 0 aromatic heterocycles. The summed E-state index contributed by atoms with van der Waals surface area (Å²) in [6, 6.07) is 1.56. The van der Waals surface area contributed by atoms with E-state index < -0.39 is 0 Å². The van der Waals surface area contributed by atoms with Crippen molar-refractivity contribution in [2.24, 2.45) is 5.41 Å². The van der Waals surface area contributed by atoms with Crippen molar-refractivity contribution in [1.82, 2.24) is 10.2 Å². The Kier molecular flexibility index (Phi) is 5.70. The Hall–Kier alpha value is -0.0800. The molecule has 0 bridgehead atoms. The number of rotatable bonds is 9. The molecule has 2 saturated carbocycles. The molecule has 0 aromatic rings. The second-order valence-corrected chi connectivity index (χ2v) is 7.30. The molecule has 2 fully saturated rings. The third kappa shape index (κ3) is 4.75. The van der Waals surface area contributed by atoms with Crippen LogP contribution in [0.4, 0.5) is 0 Å². The third-order valence-electron chi connectivity index (χ3n) is 4.95. The molecule has 112 valence electrons. The molecule has 0 aliphatic heterocycles. The van der Waals surface area contributed by atoms with Gasteiger partial charge in [-0.3, -0.25) is 4.90 Å². The lowest BCUT2D eigenvalue weighted by molar-refractivity contribution is 0.138. The van der Waals surface area contributed by atoms with Crippen LogP contribution < -0.4 is 5.32 Å². The molecule has 0 atom stereocenters. The molecule has 2 aliphatic rings. The van der Waals surface area contributed by atoms with Crippen molar-refractivity contribution in [2.45, 2.75) is 84.2 Å². The molecule has 0 unspecified atom stereocenters. The molecule has 0 saturated heterocycles. The highest BCUT2D eigenvalue weighted by Gasteiger charge is 2.39. The van der Waals surface area contributed by atoms with Gasteiger partial charge in [-0.25, -0.2) is 0 Å². The summed E-state index contributed by atoms with van der Waals surface area (Å²) in [6.07, 6.45) is 11.4. The molecule has 0 aromatic carbocycles. The van der Waals surface area contributed by atoms with Gasteiger partial charge < -0.3 is 5.32 Å². The van der Waals surface area contributed by atoms with E-state index in [-0.39, 0.29) is 0 Å². The van der Waals surface area contributed by atoms with E-state index in [1.54, 1.807) is 0 Å². The van der Waals surface area contributed by atoms with Crippen LogP contribution in [0.25, 0.3) is 0 Å².